The zero-order valence-electron chi connectivity index (χ0n) is 10.00. The van der Waals surface area contributed by atoms with Crippen LogP contribution in [0.4, 0.5) is 0 Å². The first-order valence-corrected chi connectivity index (χ1v) is 5.89. The molecule has 3 nitrogen and oxygen atoms in total. The molecule has 3 heteroatoms. The fraction of sp³-hybridized carbons (Fsp3) is 0.0625. The van der Waals surface area contributed by atoms with Crippen molar-refractivity contribution >= 4 is 35.7 Å². The van der Waals surface area contributed by atoms with Gasteiger partial charge >= 0.3 is 0 Å². The lowest BCUT2D eigenvalue weighted by molar-refractivity contribution is -0.121. The van der Waals surface area contributed by atoms with E-state index in [1.54, 1.807) is 18.2 Å². The number of hydrogen-bond donors (Lipinski definition) is 0. The van der Waals surface area contributed by atoms with Gasteiger partial charge < -0.3 is 9.59 Å². The second-order valence-electron chi connectivity index (χ2n) is 4.57. The summed E-state index contributed by atoms with van der Waals surface area (Å²) in [7, 11) is 0. The molecule has 0 aliphatic heterocycles. The van der Waals surface area contributed by atoms with Crippen LogP contribution in [0.15, 0.2) is 42.0 Å². The minimum absolute atomic E-state index is 0.184. The molecule has 0 spiro atoms. The van der Waals surface area contributed by atoms with Crippen LogP contribution in [0.5, 0.6) is 0 Å². The molecule has 0 heterocycles. The lowest BCUT2D eigenvalue weighted by Crippen LogP contribution is -2.35. The summed E-state index contributed by atoms with van der Waals surface area (Å²) in [5, 5.41) is 1.80. The molecule has 19 heavy (non-hydrogen) atoms. The molecule has 1 aliphatic rings. The summed E-state index contributed by atoms with van der Waals surface area (Å²) < 4.78 is 0. The largest absolute Gasteiger partial charge is 0.302 e. The van der Waals surface area contributed by atoms with Crippen molar-refractivity contribution in [1.82, 2.24) is 0 Å². The Morgan fingerprint density at radius 1 is 0.895 bits per heavy atom. The predicted octanol–water partition coefficient (Wildman–Crippen LogP) is 2.07. The second kappa shape index (κ2) is 3.99. The van der Waals surface area contributed by atoms with Gasteiger partial charge in [0, 0.05) is 5.57 Å². The highest BCUT2D eigenvalue weighted by Crippen LogP contribution is 2.40. The van der Waals surface area contributed by atoms with Gasteiger partial charge in [-0.15, -0.1) is 0 Å². The third-order valence-electron chi connectivity index (χ3n) is 3.67. The smallest absolute Gasteiger partial charge is 0.147 e. The number of allylic oxidation sites excluding steroid dienone is 1. The molecule has 0 aromatic heterocycles. The van der Waals surface area contributed by atoms with E-state index in [1.165, 1.54) is 0 Å². The zero-order chi connectivity index (χ0) is 13.5. The molecule has 92 valence electrons. The normalized spacial score (nSPS) is 15.7. The molecule has 0 atom stereocenters. The van der Waals surface area contributed by atoms with E-state index in [0.29, 0.717) is 24.4 Å². The number of hydrogen-bond acceptors (Lipinski definition) is 3. The van der Waals surface area contributed by atoms with Gasteiger partial charge in [-0.3, -0.25) is 4.79 Å². The van der Waals surface area contributed by atoms with E-state index in [-0.39, 0.29) is 5.57 Å². The van der Waals surface area contributed by atoms with E-state index in [4.69, 9.17) is 0 Å². The number of carbonyl (C=O) groups is 3. The third kappa shape index (κ3) is 1.35. The van der Waals surface area contributed by atoms with Crippen molar-refractivity contribution in [3.63, 3.8) is 0 Å². The number of aldehydes is 3. The topological polar surface area (TPSA) is 51.2 Å². The van der Waals surface area contributed by atoms with Gasteiger partial charge in [-0.1, -0.05) is 36.4 Å². The van der Waals surface area contributed by atoms with Crippen LogP contribution in [-0.4, -0.2) is 18.9 Å². The summed E-state index contributed by atoms with van der Waals surface area (Å²) in [6.07, 6.45) is 3.29. The van der Waals surface area contributed by atoms with Crippen LogP contribution in [-0.2, 0) is 19.8 Å². The Hall–Kier alpha value is -2.55. The number of benzene rings is 2. The summed E-state index contributed by atoms with van der Waals surface area (Å²) in [4.78, 5) is 34.2. The molecule has 3 rings (SSSR count). The van der Waals surface area contributed by atoms with Crippen LogP contribution >= 0.6 is 0 Å². The predicted molar refractivity (Wildman–Crippen MR) is 71.8 cm³/mol. The van der Waals surface area contributed by atoms with Crippen molar-refractivity contribution in [1.29, 1.82) is 0 Å². The van der Waals surface area contributed by atoms with E-state index in [1.807, 2.05) is 24.3 Å². The van der Waals surface area contributed by atoms with E-state index in [9.17, 15) is 14.4 Å². The van der Waals surface area contributed by atoms with Gasteiger partial charge in [0.1, 0.15) is 24.3 Å². The number of carbonyl (C=O) groups excluding carboxylic acids is 3. The van der Waals surface area contributed by atoms with Crippen LogP contribution in [0.1, 0.15) is 11.1 Å². The Morgan fingerprint density at radius 2 is 1.58 bits per heavy atom. The summed E-state index contributed by atoms with van der Waals surface area (Å²) in [5.41, 5.74) is 0.142. The first kappa shape index (κ1) is 11.5. The van der Waals surface area contributed by atoms with Gasteiger partial charge in [-0.25, -0.2) is 0 Å². The molecule has 0 radical (unpaired) electrons. The minimum atomic E-state index is -1.48. The summed E-state index contributed by atoms with van der Waals surface area (Å²) >= 11 is 0. The SMILES string of the molecule is O=CC1=Cc2cccc3cccc(c23)C1(C=O)C=O. The lowest BCUT2D eigenvalue weighted by Gasteiger charge is -2.28. The Labute approximate surface area is 109 Å². The van der Waals surface area contributed by atoms with Gasteiger partial charge in [0.15, 0.2) is 0 Å². The monoisotopic (exact) mass is 250 g/mol. The maximum atomic E-state index is 11.5. The third-order valence-corrected chi connectivity index (χ3v) is 3.67. The minimum Gasteiger partial charge on any atom is -0.302 e. The molecule has 0 fully saturated rings. The lowest BCUT2D eigenvalue weighted by atomic mass is 9.71. The van der Waals surface area contributed by atoms with Gasteiger partial charge in [0.25, 0.3) is 0 Å². The van der Waals surface area contributed by atoms with E-state index < -0.39 is 5.41 Å². The molecular formula is C16H10O3. The van der Waals surface area contributed by atoms with Crippen molar-refractivity contribution in [2.24, 2.45) is 0 Å². The van der Waals surface area contributed by atoms with Crippen LogP contribution in [0.25, 0.3) is 16.8 Å². The van der Waals surface area contributed by atoms with Crippen LogP contribution < -0.4 is 0 Å². The van der Waals surface area contributed by atoms with Crippen molar-refractivity contribution in [2.45, 2.75) is 5.41 Å². The Kier molecular flexibility index (Phi) is 2.42. The van der Waals surface area contributed by atoms with Gasteiger partial charge in [-0.2, -0.15) is 0 Å². The average molecular weight is 250 g/mol. The highest BCUT2D eigenvalue weighted by Gasteiger charge is 2.40. The van der Waals surface area contributed by atoms with E-state index in [2.05, 4.69) is 0 Å². The van der Waals surface area contributed by atoms with E-state index >= 15 is 0 Å². The van der Waals surface area contributed by atoms with Crippen LogP contribution in [0, 0.1) is 0 Å². The highest BCUT2D eigenvalue weighted by atomic mass is 16.1. The van der Waals surface area contributed by atoms with E-state index in [0.717, 1.165) is 16.3 Å². The maximum absolute atomic E-state index is 11.5. The standard InChI is InChI=1S/C16H10O3/c17-8-13-7-12-5-1-3-11-4-2-6-14(15(11)12)16(13,9-18)10-19/h1-10H. The molecule has 2 aromatic rings. The second-order valence-corrected chi connectivity index (χ2v) is 4.57. The first-order chi connectivity index (χ1) is 9.26. The molecule has 0 saturated carbocycles. The molecule has 1 aliphatic carbocycles. The molecule has 0 bridgehead atoms. The highest BCUT2D eigenvalue weighted by molar-refractivity contribution is 6.14. The fourth-order valence-corrected chi connectivity index (χ4v) is 2.70. The van der Waals surface area contributed by atoms with Crippen molar-refractivity contribution in [3.8, 4) is 0 Å². The molecule has 2 aromatic carbocycles. The summed E-state index contributed by atoms with van der Waals surface area (Å²) in [6.45, 7) is 0. The van der Waals surface area contributed by atoms with Crippen LogP contribution in [0.3, 0.4) is 0 Å². The Bertz CT molecular complexity index is 727. The van der Waals surface area contributed by atoms with Gasteiger partial charge in [-0.05, 0) is 28.0 Å². The molecule has 0 unspecified atom stereocenters. The summed E-state index contributed by atoms with van der Waals surface area (Å²) in [5.74, 6) is 0. The Morgan fingerprint density at radius 3 is 2.21 bits per heavy atom. The first-order valence-electron chi connectivity index (χ1n) is 5.89. The molecular weight excluding hydrogens is 240 g/mol. The van der Waals surface area contributed by atoms with Crippen molar-refractivity contribution in [3.05, 3.63) is 53.1 Å². The van der Waals surface area contributed by atoms with Crippen molar-refractivity contribution < 1.29 is 14.4 Å². The molecule has 0 N–H and O–H groups in total. The average Bonchev–Trinajstić information content (AvgIpc) is 2.48. The molecule has 0 saturated heterocycles. The quantitative estimate of drug-likeness (QED) is 0.619. The maximum Gasteiger partial charge on any atom is 0.147 e. The molecule has 0 amide bonds. The summed E-state index contributed by atoms with van der Waals surface area (Å²) in [6, 6.07) is 11.1. The Balaban J connectivity index is 2.53. The van der Waals surface area contributed by atoms with Crippen molar-refractivity contribution in [2.75, 3.05) is 0 Å². The van der Waals surface area contributed by atoms with Gasteiger partial charge in [0.05, 0.1) is 0 Å². The number of rotatable bonds is 3. The van der Waals surface area contributed by atoms with Crippen LogP contribution in [0.2, 0.25) is 0 Å². The zero-order valence-corrected chi connectivity index (χ0v) is 10.00. The fourth-order valence-electron chi connectivity index (χ4n) is 2.70. The van der Waals surface area contributed by atoms with Gasteiger partial charge in [0.2, 0.25) is 0 Å².